The van der Waals surface area contributed by atoms with Crippen molar-refractivity contribution in [2.45, 2.75) is 39.3 Å². The van der Waals surface area contributed by atoms with E-state index in [0.717, 1.165) is 55.5 Å². The minimum absolute atomic E-state index is 0.149. The average molecular weight is 312 g/mol. The van der Waals surface area contributed by atoms with Crippen LogP contribution in [0.3, 0.4) is 0 Å². The van der Waals surface area contributed by atoms with Gasteiger partial charge in [0.2, 0.25) is 5.91 Å². The Balaban J connectivity index is 1.46. The van der Waals surface area contributed by atoms with Gasteiger partial charge in [0, 0.05) is 25.9 Å². The van der Waals surface area contributed by atoms with E-state index in [1.54, 1.807) is 0 Å². The number of hydrogen-bond acceptors (Lipinski definition) is 4. The van der Waals surface area contributed by atoms with Crippen LogP contribution in [0.15, 0.2) is 18.2 Å². The Morgan fingerprint density at radius 1 is 1.30 bits per heavy atom. The summed E-state index contributed by atoms with van der Waals surface area (Å²) in [6, 6.07) is 6.07. The van der Waals surface area contributed by atoms with E-state index in [2.05, 4.69) is 27.8 Å². The van der Waals surface area contributed by atoms with E-state index in [9.17, 15) is 4.79 Å². The molecule has 6 heteroatoms. The standard InChI is InChI=1S/C17H20N4O2/c1-2-15-18-19-16-11-20(6-7-21(15)16)17(22)10-12-3-4-14-13(9-12)5-8-23-14/h3-4,9H,2,5-8,10-11H2,1H3. The Bertz CT molecular complexity index is 753. The highest BCUT2D eigenvalue weighted by molar-refractivity contribution is 5.79. The zero-order valence-corrected chi connectivity index (χ0v) is 13.3. The molecule has 1 aromatic heterocycles. The first-order valence-corrected chi connectivity index (χ1v) is 8.18. The Labute approximate surface area is 135 Å². The number of fused-ring (bicyclic) bond motifs is 2. The highest BCUT2D eigenvalue weighted by atomic mass is 16.5. The summed E-state index contributed by atoms with van der Waals surface area (Å²) in [6.07, 6.45) is 2.24. The molecule has 4 rings (SSSR count). The lowest BCUT2D eigenvalue weighted by Gasteiger charge is -2.28. The first-order chi connectivity index (χ1) is 11.2. The molecular weight excluding hydrogens is 292 g/mol. The Hall–Kier alpha value is -2.37. The van der Waals surface area contributed by atoms with Crippen molar-refractivity contribution in [3.05, 3.63) is 41.0 Å². The second kappa shape index (κ2) is 5.68. The highest BCUT2D eigenvalue weighted by Crippen LogP contribution is 2.26. The van der Waals surface area contributed by atoms with Crippen LogP contribution in [-0.4, -0.2) is 38.7 Å². The van der Waals surface area contributed by atoms with Gasteiger partial charge in [-0.1, -0.05) is 19.1 Å². The molecule has 2 aliphatic heterocycles. The van der Waals surface area contributed by atoms with E-state index in [1.165, 1.54) is 5.56 Å². The fourth-order valence-corrected chi connectivity index (χ4v) is 3.33. The maximum absolute atomic E-state index is 12.6. The Kier molecular flexibility index (Phi) is 3.52. The van der Waals surface area contributed by atoms with Gasteiger partial charge in [-0.25, -0.2) is 0 Å². The van der Waals surface area contributed by atoms with E-state index in [0.29, 0.717) is 13.0 Å². The molecule has 0 saturated carbocycles. The first kappa shape index (κ1) is 14.2. The number of nitrogens with zero attached hydrogens (tertiary/aromatic N) is 4. The van der Waals surface area contributed by atoms with Gasteiger partial charge >= 0.3 is 0 Å². The fourth-order valence-electron chi connectivity index (χ4n) is 3.33. The molecule has 23 heavy (non-hydrogen) atoms. The number of aromatic nitrogens is 3. The number of carbonyl (C=O) groups is 1. The van der Waals surface area contributed by atoms with Crippen LogP contribution in [-0.2, 0) is 37.1 Å². The van der Waals surface area contributed by atoms with Gasteiger partial charge in [0.1, 0.15) is 11.6 Å². The van der Waals surface area contributed by atoms with Gasteiger partial charge < -0.3 is 14.2 Å². The van der Waals surface area contributed by atoms with Gasteiger partial charge in [0.15, 0.2) is 5.82 Å². The molecule has 6 nitrogen and oxygen atoms in total. The molecule has 1 aromatic carbocycles. The third-order valence-electron chi connectivity index (χ3n) is 4.61. The van der Waals surface area contributed by atoms with Crippen molar-refractivity contribution in [2.24, 2.45) is 0 Å². The monoisotopic (exact) mass is 312 g/mol. The number of carbonyl (C=O) groups excluding carboxylic acids is 1. The third kappa shape index (κ3) is 2.58. The van der Waals surface area contributed by atoms with Crippen LogP contribution in [0.4, 0.5) is 0 Å². The minimum Gasteiger partial charge on any atom is -0.493 e. The molecule has 3 heterocycles. The molecule has 2 aromatic rings. The molecule has 0 bridgehead atoms. The lowest BCUT2D eigenvalue weighted by Crippen LogP contribution is -2.39. The van der Waals surface area contributed by atoms with Crippen LogP contribution in [0.25, 0.3) is 0 Å². The molecule has 0 atom stereocenters. The van der Waals surface area contributed by atoms with Crippen LogP contribution < -0.4 is 4.74 Å². The zero-order chi connectivity index (χ0) is 15.8. The van der Waals surface area contributed by atoms with Gasteiger partial charge in [0.25, 0.3) is 0 Å². The molecule has 1 amide bonds. The van der Waals surface area contributed by atoms with Crippen LogP contribution in [0.2, 0.25) is 0 Å². The van der Waals surface area contributed by atoms with Gasteiger partial charge in [-0.3, -0.25) is 4.79 Å². The van der Waals surface area contributed by atoms with Crippen molar-refractivity contribution in [1.82, 2.24) is 19.7 Å². The third-order valence-corrected chi connectivity index (χ3v) is 4.61. The van der Waals surface area contributed by atoms with Crippen molar-refractivity contribution < 1.29 is 9.53 Å². The number of ether oxygens (including phenoxy) is 1. The largest absolute Gasteiger partial charge is 0.493 e. The SMILES string of the molecule is CCc1nnc2n1CCN(C(=O)Cc1ccc3c(c1)CCO3)C2. The number of hydrogen-bond donors (Lipinski definition) is 0. The molecule has 120 valence electrons. The maximum Gasteiger partial charge on any atom is 0.227 e. The predicted octanol–water partition coefficient (Wildman–Crippen LogP) is 1.36. The van der Waals surface area contributed by atoms with Crippen LogP contribution in [0.5, 0.6) is 5.75 Å². The number of rotatable bonds is 3. The molecule has 0 N–H and O–H groups in total. The summed E-state index contributed by atoms with van der Waals surface area (Å²) < 4.78 is 7.65. The van der Waals surface area contributed by atoms with E-state index in [-0.39, 0.29) is 5.91 Å². The van der Waals surface area contributed by atoms with Crippen molar-refractivity contribution in [2.75, 3.05) is 13.2 Å². The summed E-state index contributed by atoms with van der Waals surface area (Å²) in [5.74, 6) is 3.00. The number of amides is 1. The summed E-state index contributed by atoms with van der Waals surface area (Å²) in [7, 11) is 0. The first-order valence-electron chi connectivity index (χ1n) is 8.18. The van der Waals surface area contributed by atoms with E-state index in [4.69, 9.17) is 4.74 Å². The molecule has 0 unspecified atom stereocenters. The van der Waals surface area contributed by atoms with E-state index >= 15 is 0 Å². The quantitative estimate of drug-likeness (QED) is 0.858. The number of benzene rings is 1. The molecule has 0 saturated heterocycles. The smallest absolute Gasteiger partial charge is 0.227 e. The van der Waals surface area contributed by atoms with Gasteiger partial charge in [-0.2, -0.15) is 0 Å². The zero-order valence-electron chi connectivity index (χ0n) is 13.3. The second-order valence-corrected chi connectivity index (χ2v) is 6.07. The molecule has 0 fully saturated rings. The normalized spacial score (nSPS) is 16.0. The summed E-state index contributed by atoms with van der Waals surface area (Å²) >= 11 is 0. The summed E-state index contributed by atoms with van der Waals surface area (Å²) in [4.78, 5) is 14.5. The second-order valence-electron chi connectivity index (χ2n) is 6.07. The van der Waals surface area contributed by atoms with E-state index in [1.807, 2.05) is 17.0 Å². The molecule has 0 radical (unpaired) electrons. The fraction of sp³-hybridized carbons (Fsp3) is 0.471. The Morgan fingerprint density at radius 2 is 2.22 bits per heavy atom. The Morgan fingerprint density at radius 3 is 3.09 bits per heavy atom. The van der Waals surface area contributed by atoms with Crippen molar-refractivity contribution in [3.63, 3.8) is 0 Å². The van der Waals surface area contributed by atoms with Gasteiger partial charge in [0.05, 0.1) is 19.6 Å². The van der Waals surface area contributed by atoms with Crippen LogP contribution in [0.1, 0.15) is 29.7 Å². The van der Waals surface area contributed by atoms with Crippen molar-refractivity contribution >= 4 is 5.91 Å². The number of aryl methyl sites for hydroxylation is 1. The summed E-state index contributed by atoms with van der Waals surface area (Å²) in [5, 5.41) is 8.41. The topological polar surface area (TPSA) is 60.2 Å². The average Bonchev–Trinajstić information content (AvgIpc) is 3.19. The van der Waals surface area contributed by atoms with Gasteiger partial charge in [-0.15, -0.1) is 10.2 Å². The van der Waals surface area contributed by atoms with Gasteiger partial charge in [-0.05, 0) is 17.2 Å². The summed E-state index contributed by atoms with van der Waals surface area (Å²) in [6.45, 7) is 4.89. The lowest BCUT2D eigenvalue weighted by molar-refractivity contribution is -0.132. The maximum atomic E-state index is 12.6. The van der Waals surface area contributed by atoms with Crippen molar-refractivity contribution in [1.29, 1.82) is 0 Å². The summed E-state index contributed by atoms with van der Waals surface area (Å²) in [5.41, 5.74) is 2.27. The van der Waals surface area contributed by atoms with E-state index < -0.39 is 0 Å². The predicted molar refractivity (Wildman–Crippen MR) is 84.2 cm³/mol. The molecular formula is C17H20N4O2. The highest BCUT2D eigenvalue weighted by Gasteiger charge is 2.24. The van der Waals surface area contributed by atoms with Crippen molar-refractivity contribution in [3.8, 4) is 5.75 Å². The van der Waals surface area contributed by atoms with Crippen LogP contribution >= 0.6 is 0 Å². The minimum atomic E-state index is 0.149. The molecule has 0 spiro atoms. The molecule has 0 aliphatic carbocycles. The lowest BCUT2D eigenvalue weighted by atomic mass is 10.1. The molecule has 2 aliphatic rings. The van der Waals surface area contributed by atoms with Crippen LogP contribution in [0, 0.1) is 0 Å².